The zero-order chi connectivity index (χ0) is 15.2. The van der Waals surface area contributed by atoms with Crippen LogP contribution in [0, 0.1) is 0 Å². The minimum Gasteiger partial charge on any atom is -0.508 e. The van der Waals surface area contributed by atoms with Crippen molar-refractivity contribution in [2.45, 2.75) is 45.9 Å². The third-order valence-corrected chi connectivity index (χ3v) is 2.52. The van der Waals surface area contributed by atoms with Crippen LogP contribution >= 0.6 is 0 Å². The number of para-hydroxylation sites is 1. The van der Waals surface area contributed by atoms with E-state index >= 15 is 0 Å². The van der Waals surface area contributed by atoms with Crippen LogP contribution in [0.1, 0.15) is 33.3 Å². The van der Waals surface area contributed by atoms with Gasteiger partial charge in [0.1, 0.15) is 11.4 Å². The largest absolute Gasteiger partial charge is 0.508 e. The molecule has 1 rings (SSSR count). The van der Waals surface area contributed by atoms with Crippen molar-refractivity contribution in [3.63, 3.8) is 0 Å². The van der Waals surface area contributed by atoms with E-state index in [1.54, 1.807) is 12.1 Å². The molecule has 3 N–H and O–H groups in total. The van der Waals surface area contributed by atoms with E-state index in [9.17, 15) is 9.90 Å². The van der Waals surface area contributed by atoms with Gasteiger partial charge in [-0.1, -0.05) is 18.2 Å². The van der Waals surface area contributed by atoms with E-state index in [0.717, 1.165) is 5.56 Å². The molecule has 0 aliphatic carbocycles. The van der Waals surface area contributed by atoms with Gasteiger partial charge in [-0.15, -0.1) is 0 Å². The number of hydrogen-bond donors (Lipinski definition) is 3. The minimum atomic E-state index is -0.493. The molecule has 0 saturated heterocycles. The lowest BCUT2D eigenvalue weighted by Gasteiger charge is -2.22. The van der Waals surface area contributed by atoms with Gasteiger partial charge in [0.15, 0.2) is 0 Å². The minimum absolute atomic E-state index is 0.0595. The Kier molecular flexibility index (Phi) is 5.82. The number of nitrogens with one attached hydrogen (secondary N) is 2. The van der Waals surface area contributed by atoms with Gasteiger partial charge in [0.25, 0.3) is 0 Å². The van der Waals surface area contributed by atoms with Crippen molar-refractivity contribution in [2.24, 2.45) is 0 Å². The van der Waals surface area contributed by atoms with E-state index in [0.29, 0.717) is 13.1 Å². The number of amides is 1. The molecule has 0 fully saturated rings. The number of phenolic OH excluding ortho intramolecular Hbond substituents is 1. The van der Waals surface area contributed by atoms with Crippen LogP contribution in [0.2, 0.25) is 0 Å². The second-order valence-corrected chi connectivity index (χ2v) is 5.81. The van der Waals surface area contributed by atoms with Gasteiger partial charge in [-0.05, 0) is 33.8 Å². The van der Waals surface area contributed by atoms with E-state index in [1.807, 2.05) is 39.8 Å². The number of aromatic hydroxyl groups is 1. The first-order valence-electron chi connectivity index (χ1n) is 6.75. The topological polar surface area (TPSA) is 70.6 Å². The Labute approximate surface area is 120 Å². The van der Waals surface area contributed by atoms with Crippen molar-refractivity contribution in [3.05, 3.63) is 29.8 Å². The highest BCUT2D eigenvalue weighted by Crippen LogP contribution is 2.14. The summed E-state index contributed by atoms with van der Waals surface area (Å²) >= 11 is 0. The Morgan fingerprint density at radius 3 is 2.60 bits per heavy atom. The van der Waals surface area contributed by atoms with E-state index in [4.69, 9.17) is 4.74 Å². The molecule has 20 heavy (non-hydrogen) atoms. The fourth-order valence-electron chi connectivity index (χ4n) is 1.64. The van der Waals surface area contributed by atoms with Crippen LogP contribution in [0.5, 0.6) is 5.75 Å². The highest BCUT2D eigenvalue weighted by Gasteiger charge is 2.17. The van der Waals surface area contributed by atoms with Crippen LogP contribution in [-0.4, -0.2) is 29.4 Å². The molecule has 0 bridgehead atoms. The Balaban J connectivity index is 2.28. The Bertz CT molecular complexity index is 441. The first kappa shape index (κ1) is 16.3. The molecule has 1 unspecified atom stereocenters. The fourth-order valence-corrected chi connectivity index (χ4v) is 1.64. The molecule has 0 spiro atoms. The van der Waals surface area contributed by atoms with Crippen molar-refractivity contribution in [3.8, 4) is 5.75 Å². The SMILES string of the molecule is CC(CNCc1ccccc1O)NC(=O)OC(C)(C)C. The fraction of sp³-hybridized carbons (Fsp3) is 0.533. The summed E-state index contributed by atoms with van der Waals surface area (Å²) in [6.45, 7) is 8.51. The standard InChI is InChI=1S/C15H24N2O3/c1-11(17-14(19)20-15(2,3)4)9-16-10-12-7-5-6-8-13(12)18/h5-8,11,16,18H,9-10H2,1-4H3,(H,17,19). The van der Waals surface area contributed by atoms with Gasteiger partial charge < -0.3 is 20.5 Å². The summed E-state index contributed by atoms with van der Waals surface area (Å²) in [5.74, 6) is 0.271. The lowest BCUT2D eigenvalue weighted by atomic mass is 10.2. The molecule has 1 atom stereocenters. The van der Waals surface area contributed by atoms with Gasteiger partial charge in [-0.3, -0.25) is 0 Å². The molecule has 5 heteroatoms. The molecule has 1 amide bonds. The highest BCUT2D eigenvalue weighted by atomic mass is 16.6. The number of hydrogen-bond acceptors (Lipinski definition) is 4. The Morgan fingerprint density at radius 2 is 2.00 bits per heavy atom. The van der Waals surface area contributed by atoms with Gasteiger partial charge in [0.2, 0.25) is 0 Å². The molecule has 0 radical (unpaired) electrons. The van der Waals surface area contributed by atoms with Gasteiger partial charge in [-0.2, -0.15) is 0 Å². The zero-order valence-electron chi connectivity index (χ0n) is 12.6. The quantitative estimate of drug-likeness (QED) is 0.774. The predicted octanol–water partition coefficient (Wildman–Crippen LogP) is 2.40. The molecule has 1 aromatic rings. The average molecular weight is 280 g/mol. The molecule has 0 heterocycles. The maximum Gasteiger partial charge on any atom is 0.407 e. The number of rotatable bonds is 5. The van der Waals surface area contributed by atoms with Crippen LogP contribution in [0.15, 0.2) is 24.3 Å². The van der Waals surface area contributed by atoms with Gasteiger partial charge >= 0.3 is 6.09 Å². The first-order valence-corrected chi connectivity index (χ1v) is 6.75. The molecule has 0 aliphatic rings. The summed E-state index contributed by atoms with van der Waals surface area (Å²) in [6.07, 6.45) is -0.422. The second-order valence-electron chi connectivity index (χ2n) is 5.81. The molecule has 1 aromatic carbocycles. The highest BCUT2D eigenvalue weighted by molar-refractivity contribution is 5.68. The third-order valence-electron chi connectivity index (χ3n) is 2.52. The second kappa shape index (κ2) is 7.14. The lowest BCUT2D eigenvalue weighted by Crippen LogP contribution is -2.42. The number of carbonyl (C=O) groups is 1. The molecule has 5 nitrogen and oxygen atoms in total. The third kappa shape index (κ3) is 6.43. The maximum absolute atomic E-state index is 11.6. The average Bonchev–Trinajstić information content (AvgIpc) is 2.28. The zero-order valence-corrected chi connectivity index (χ0v) is 12.6. The van der Waals surface area contributed by atoms with Crippen molar-refractivity contribution >= 4 is 6.09 Å². The summed E-state index contributed by atoms with van der Waals surface area (Å²) in [5, 5.41) is 15.6. The van der Waals surface area contributed by atoms with Crippen LogP contribution in [0.3, 0.4) is 0 Å². The summed E-state index contributed by atoms with van der Waals surface area (Å²) in [5.41, 5.74) is 0.338. The van der Waals surface area contributed by atoms with Crippen molar-refractivity contribution in [1.82, 2.24) is 10.6 Å². The number of phenols is 1. The number of alkyl carbamates (subject to hydrolysis) is 1. The van der Waals surface area contributed by atoms with Gasteiger partial charge in [0, 0.05) is 24.7 Å². The summed E-state index contributed by atoms with van der Waals surface area (Å²) in [6, 6.07) is 7.11. The lowest BCUT2D eigenvalue weighted by molar-refractivity contribution is 0.0508. The van der Waals surface area contributed by atoms with Crippen LogP contribution in [0.25, 0.3) is 0 Å². The molecule has 0 aromatic heterocycles. The molecule has 112 valence electrons. The molecular weight excluding hydrogens is 256 g/mol. The summed E-state index contributed by atoms with van der Waals surface area (Å²) in [7, 11) is 0. The number of carbonyl (C=O) groups excluding carboxylic acids is 1. The smallest absolute Gasteiger partial charge is 0.407 e. The number of ether oxygens (including phenoxy) is 1. The molecular formula is C15H24N2O3. The van der Waals surface area contributed by atoms with Crippen LogP contribution in [0.4, 0.5) is 4.79 Å². The van der Waals surface area contributed by atoms with Crippen molar-refractivity contribution < 1.29 is 14.6 Å². The van der Waals surface area contributed by atoms with E-state index in [2.05, 4.69) is 10.6 Å². The first-order chi connectivity index (χ1) is 9.28. The van der Waals surface area contributed by atoms with Crippen molar-refractivity contribution in [2.75, 3.05) is 6.54 Å². The van der Waals surface area contributed by atoms with Gasteiger partial charge in [0.05, 0.1) is 0 Å². The normalized spacial score (nSPS) is 12.8. The van der Waals surface area contributed by atoms with E-state index in [-0.39, 0.29) is 11.8 Å². The van der Waals surface area contributed by atoms with Gasteiger partial charge in [-0.25, -0.2) is 4.79 Å². The molecule has 0 aliphatic heterocycles. The Hall–Kier alpha value is -1.75. The number of benzene rings is 1. The predicted molar refractivity (Wildman–Crippen MR) is 78.6 cm³/mol. The van der Waals surface area contributed by atoms with Crippen LogP contribution < -0.4 is 10.6 Å². The van der Waals surface area contributed by atoms with E-state index < -0.39 is 11.7 Å². The van der Waals surface area contributed by atoms with Crippen LogP contribution in [-0.2, 0) is 11.3 Å². The summed E-state index contributed by atoms with van der Waals surface area (Å²) in [4.78, 5) is 11.6. The maximum atomic E-state index is 11.6. The Morgan fingerprint density at radius 1 is 1.35 bits per heavy atom. The summed E-state index contributed by atoms with van der Waals surface area (Å²) < 4.78 is 5.17. The van der Waals surface area contributed by atoms with Crippen molar-refractivity contribution in [1.29, 1.82) is 0 Å². The monoisotopic (exact) mass is 280 g/mol. The molecule has 0 saturated carbocycles. The van der Waals surface area contributed by atoms with E-state index in [1.165, 1.54) is 0 Å².